The Kier molecular flexibility index (Phi) is 6.78. The number of amides is 2. The van der Waals surface area contributed by atoms with E-state index >= 15 is 0 Å². The summed E-state index contributed by atoms with van der Waals surface area (Å²) < 4.78 is 10.8. The van der Waals surface area contributed by atoms with E-state index in [1.54, 1.807) is 17.1 Å². The quantitative estimate of drug-likeness (QED) is 0.488. The molecule has 0 N–H and O–H groups in total. The first-order valence-electron chi connectivity index (χ1n) is 11.5. The number of carbonyl (C=O) groups is 2. The highest BCUT2D eigenvalue weighted by Gasteiger charge is 2.21. The van der Waals surface area contributed by atoms with Crippen LogP contribution in [0.5, 0.6) is 11.5 Å². The highest BCUT2D eigenvalue weighted by Crippen LogP contribution is 2.33. The summed E-state index contributed by atoms with van der Waals surface area (Å²) in [5.41, 5.74) is 2.59. The largest absolute Gasteiger partial charge is 0.454 e. The molecule has 2 aromatic carbocycles. The zero-order chi connectivity index (χ0) is 24.2. The normalized spacial score (nSPS) is 15.5. The Morgan fingerprint density at radius 2 is 1.83 bits per heavy atom. The van der Waals surface area contributed by atoms with Crippen LogP contribution in [0.25, 0.3) is 6.08 Å². The number of piperazine rings is 1. The number of nitrogens with zero attached hydrogens (tertiary/aromatic N) is 4. The lowest BCUT2D eigenvalue weighted by Gasteiger charge is -2.34. The van der Waals surface area contributed by atoms with E-state index in [9.17, 15) is 9.59 Å². The van der Waals surface area contributed by atoms with Crippen LogP contribution in [0, 0.1) is 0 Å². The number of benzene rings is 2. The second-order valence-electron chi connectivity index (χ2n) is 8.37. The van der Waals surface area contributed by atoms with Crippen molar-refractivity contribution in [3.63, 3.8) is 0 Å². The van der Waals surface area contributed by atoms with Gasteiger partial charge in [-0.25, -0.2) is 4.98 Å². The predicted molar refractivity (Wildman–Crippen MR) is 135 cm³/mol. The number of carbonyl (C=O) groups excluding carboxylic acids is 2. The monoisotopic (exact) mass is 490 g/mol. The van der Waals surface area contributed by atoms with Gasteiger partial charge in [-0.3, -0.25) is 19.4 Å². The molecule has 2 aliphatic heterocycles. The third-order valence-electron chi connectivity index (χ3n) is 5.95. The highest BCUT2D eigenvalue weighted by molar-refractivity contribution is 7.14. The SMILES string of the molecule is CC(=O)N(c1ccccc1)c1nc(/C=C/C(=O)N2CCN(Cc3ccc4c(c3)OCO4)CC2)cs1. The van der Waals surface area contributed by atoms with Crippen molar-refractivity contribution in [3.05, 3.63) is 71.2 Å². The first kappa shape index (κ1) is 23.1. The van der Waals surface area contributed by atoms with E-state index in [2.05, 4.69) is 16.0 Å². The van der Waals surface area contributed by atoms with Gasteiger partial charge in [-0.15, -0.1) is 11.3 Å². The van der Waals surface area contributed by atoms with Gasteiger partial charge in [0.2, 0.25) is 18.6 Å². The second-order valence-corrected chi connectivity index (χ2v) is 9.20. The standard InChI is InChI=1S/C26H26N4O4S/c1-19(31)30(22-5-3-2-4-6-22)26-27-21(17-35-26)8-10-25(32)29-13-11-28(12-14-29)16-20-7-9-23-24(15-20)34-18-33-23/h2-10,15,17H,11-14,16,18H2,1H3/b10-8+. The molecule has 0 aliphatic carbocycles. The number of thiazole rings is 1. The smallest absolute Gasteiger partial charge is 0.246 e. The molecular formula is C26H26N4O4S. The number of aromatic nitrogens is 1. The zero-order valence-electron chi connectivity index (χ0n) is 19.4. The van der Waals surface area contributed by atoms with Gasteiger partial charge in [-0.1, -0.05) is 24.3 Å². The lowest BCUT2D eigenvalue weighted by Crippen LogP contribution is -2.47. The maximum Gasteiger partial charge on any atom is 0.246 e. The van der Waals surface area contributed by atoms with Crippen molar-refractivity contribution in [1.82, 2.24) is 14.8 Å². The second kappa shape index (κ2) is 10.3. The topological polar surface area (TPSA) is 75.2 Å². The fourth-order valence-corrected chi connectivity index (χ4v) is 5.00. The molecule has 0 bridgehead atoms. The van der Waals surface area contributed by atoms with Crippen molar-refractivity contribution in [2.24, 2.45) is 0 Å². The number of rotatable bonds is 6. The summed E-state index contributed by atoms with van der Waals surface area (Å²) in [7, 11) is 0. The van der Waals surface area contributed by atoms with Gasteiger partial charge < -0.3 is 14.4 Å². The average Bonchev–Trinajstić information content (AvgIpc) is 3.53. The minimum atomic E-state index is -0.115. The first-order valence-corrected chi connectivity index (χ1v) is 12.3. The molecule has 0 unspecified atom stereocenters. The summed E-state index contributed by atoms with van der Waals surface area (Å²) in [5, 5.41) is 2.43. The van der Waals surface area contributed by atoms with Crippen molar-refractivity contribution in [2.45, 2.75) is 13.5 Å². The Balaban J connectivity index is 1.15. The summed E-state index contributed by atoms with van der Waals surface area (Å²) in [6.45, 7) is 5.55. The molecule has 0 radical (unpaired) electrons. The minimum Gasteiger partial charge on any atom is -0.454 e. The fraction of sp³-hybridized carbons (Fsp3) is 0.269. The van der Waals surface area contributed by atoms with Crippen LogP contribution in [-0.4, -0.2) is 59.6 Å². The zero-order valence-corrected chi connectivity index (χ0v) is 20.2. The van der Waals surface area contributed by atoms with Gasteiger partial charge in [0, 0.05) is 51.1 Å². The summed E-state index contributed by atoms with van der Waals surface area (Å²) >= 11 is 1.37. The summed E-state index contributed by atoms with van der Waals surface area (Å²) in [6, 6.07) is 15.4. The predicted octanol–water partition coefficient (Wildman–Crippen LogP) is 3.91. The van der Waals surface area contributed by atoms with E-state index in [0.29, 0.717) is 23.9 Å². The summed E-state index contributed by atoms with van der Waals surface area (Å²) in [4.78, 5) is 35.3. The van der Waals surface area contributed by atoms with E-state index in [0.717, 1.165) is 36.8 Å². The first-order chi connectivity index (χ1) is 17.1. The molecule has 180 valence electrons. The van der Waals surface area contributed by atoms with Crippen LogP contribution < -0.4 is 14.4 Å². The molecule has 1 aromatic heterocycles. The molecule has 9 heteroatoms. The number of anilines is 2. The van der Waals surface area contributed by atoms with Crippen LogP contribution in [0.4, 0.5) is 10.8 Å². The molecule has 0 atom stereocenters. The van der Waals surface area contributed by atoms with Gasteiger partial charge in [-0.05, 0) is 35.9 Å². The van der Waals surface area contributed by atoms with Gasteiger partial charge in [0.1, 0.15) is 0 Å². The van der Waals surface area contributed by atoms with Crippen LogP contribution in [0.15, 0.2) is 60.0 Å². The highest BCUT2D eigenvalue weighted by atomic mass is 32.1. The maximum absolute atomic E-state index is 12.7. The third-order valence-corrected chi connectivity index (χ3v) is 6.80. The van der Waals surface area contributed by atoms with E-state index in [1.807, 2.05) is 52.7 Å². The maximum atomic E-state index is 12.7. The van der Waals surface area contributed by atoms with Crippen LogP contribution >= 0.6 is 11.3 Å². The van der Waals surface area contributed by atoms with Gasteiger partial charge in [-0.2, -0.15) is 0 Å². The van der Waals surface area contributed by atoms with Gasteiger partial charge in [0.15, 0.2) is 16.6 Å². The molecule has 1 fully saturated rings. The molecule has 0 saturated carbocycles. The van der Waals surface area contributed by atoms with Crippen molar-refractivity contribution in [1.29, 1.82) is 0 Å². The van der Waals surface area contributed by atoms with E-state index in [4.69, 9.17) is 9.47 Å². The Morgan fingerprint density at radius 3 is 2.60 bits per heavy atom. The lowest BCUT2D eigenvalue weighted by atomic mass is 10.1. The van der Waals surface area contributed by atoms with Gasteiger partial charge in [0.25, 0.3) is 0 Å². The Morgan fingerprint density at radius 1 is 1.06 bits per heavy atom. The molecule has 2 amide bonds. The molecular weight excluding hydrogens is 464 g/mol. The van der Waals surface area contributed by atoms with Crippen LogP contribution in [0.1, 0.15) is 18.2 Å². The fourth-order valence-electron chi connectivity index (χ4n) is 4.15. The van der Waals surface area contributed by atoms with Crippen molar-refractivity contribution < 1.29 is 19.1 Å². The molecule has 3 aromatic rings. The molecule has 35 heavy (non-hydrogen) atoms. The summed E-state index contributed by atoms with van der Waals surface area (Å²) in [5.74, 6) is 1.43. The Bertz CT molecular complexity index is 1240. The van der Waals surface area contributed by atoms with E-state index in [1.165, 1.54) is 23.8 Å². The Labute approximate surface area is 208 Å². The Hall–Kier alpha value is -3.69. The number of hydrogen-bond acceptors (Lipinski definition) is 7. The molecule has 3 heterocycles. The van der Waals surface area contributed by atoms with E-state index < -0.39 is 0 Å². The van der Waals surface area contributed by atoms with Crippen molar-refractivity contribution in [3.8, 4) is 11.5 Å². The van der Waals surface area contributed by atoms with Crippen LogP contribution in [-0.2, 0) is 16.1 Å². The summed E-state index contributed by atoms with van der Waals surface area (Å²) in [6.07, 6.45) is 3.28. The average molecular weight is 491 g/mol. The number of para-hydroxylation sites is 1. The minimum absolute atomic E-state index is 0.0336. The van der Waals surface area contributed by atoms with Crippen LogP contribution in [0.3, 0.4) is 0 Å². The van der Waals surface area contributed by atoms with Gasteiger partial charge >= 0.3 is 0 Å². The molecule has 1 saturated heterocycles. The lowest BCUT2D eigenvalue weighted by molar-refractivity contribution is -0.127. The van der Waals surface area contributed by atoms with E-state index in [-0.39, 0.29) is 18.6 Å². The third kappa shape index (κ3) is 5.36. The number of ether oxygens (including phenoxy) is 2. The van der Waals surface area contributed by atoms with Crippen LogP contribution in [0.2, 0.25) is 0 Å². The molecule has 5 rings (SSSR count). The van der Waals surface area contributed by atoms with Crippen molar-refractivity contribution in [2.75, 3.05) is 37.9 Å². The van der Waals surface area contributed by atoms with Crippen molar-refractivity contribution >= 4 is 40.0 Å². The number of hydrogen-bond donors (Lipinski definition) is 0. The molecule has 8 nitrogen and oxygen atoms in total. The molecule has 0 spiro atoms. The number of fused-ring (bicyclic) bond motifs is 1. The molecule has 2 aliphatic rings. The van der Waals surface area contributed by atoms with Gasteiger partial charge in [0.05, 0.1) is 11.4 Å².